The summed E-state index contributed by atoms with van der Waals surface area (Å²) in [5, 5.41) is 14.1. The highest BCUT2D eigenvalue weighted by molar-refractivity contribution is 5.83. The van der Waals surface area contributed by atoms with Gasteiger partial charge in [-0.05, 0) is 12.3 Å². The maximum Gasteiger partial charge on any atom is 0.248 e. The monoisotopic (exact) mass is 257 g/mol. The first kappa shape index (κ1) is 14.4. The number of rotatable bonds is 7. The highest BCUT2D eigenvalue weighted by Gasteiger charge is 2.38. The maximum absolute atomic E-state index is 11.4. The number of amides is 3. The molecule has 3 unspecified atom stereocenters. The lowest BCUT2D eigenvalue weighted by atomic mass is 10.3. The van der Waals surface area contributed by atoms with Crippen LogP contribution in [0.5, 0.6) is 0 Å². The fourth-order valence-electron chi connectivity index (χ4n) is 1.52. The van der Waals surface area contributed by atoms with Crippen LogP contribution in [0.2, 0.25) is 0 Å². The van der Waals surface area contributed by atoms with E-state index in [1.807, 2.05) is 6.92 Å². The predicted octanol–water partition coefficient (Wildman–Crippen LogP) is -1.89. The summed E-state index contributed by atoms with van der Waals surface area (Å²) in [6, 6.07) is 0. The van der Waals surface area contributed by atoms with Crippen LogP contribution in [0.15, 0.2) is 0 Å². The van der Waals surface area contributed by atoms with E-state index in [2.05, 4.69) is 10.6 Å². The minimum absolute atomic E-state index is 0.0209. The van der Waals surface area contributed by atoms with E-state index < -0.39 is 12.0 Å². The molecule has 7 nitrogen and oxygen atoms in total. The lowest BCUT2D eigenvalue weighted by Crippen LogP contribution is -2.40. The molecule has 1 saturated carbocycles. The number of nitrogens with two attached hydrogens (primary N) is 1. The van der Waals surface area contributed by atoms with Gasteiger partial charge in [-0.15, -0.1) is 0 Å². The van der Waals surface area contributed by atoms with Gasteiger partial charge >= 0.3 is 0 Å². The Labute approximate surface area is 105 Å². The van der Waals surface area contributed by atoms with Crippen molar-refractivity contribution in [2.45, 2.75) is 25.9 Å². The minimum atomic E-state index is -1.38. The van der Waals surface area contributed by atoms with Gasteiger partial charge in [-0.2, -0.15) is 0 Å². The van der Waals surface area contributed by atoms with E-state index in [1.165, 1.54) is 0 Å². The third kappa shape index (κ3) is 4.70. The number of aliphatic hydroxyl groups excluding tert-OH is 1. The standard InChI is InChI=1S/C11H19N3O4/c1-6-4-7(6)11(18)13-3-2-9(16)14-5-8(15)10(12)17/h6-8,15H,2-5H2,1H3,(H2,12,17)(H,13,18)(H,14,16). The molecule has 3 atom stereocenters. The largest absolute Gasteiger partial charge is 0.381 e. The Kier molecular flexibility index (Phi) is 5.08. The van der Waals surface area contributed by atoms with Gasteiger partial charge in [0, 0.05) is 18.9 Å². The molecule has 1 fully saturated rings. The van der Waals surface area contributed by atoms with Crippen molar-refractivity contribution in [3.63, 3.8) is 0 Å². The highest BCUT2D eigenvalue weighted by Crippen LogP contribution is 2.37. The molecule has 0 radical (unpaired) electrons. The van der Waals surface area contributed by atoms with E-state index in [0.29, 0.717) is 5.92 Å². The average Bonchev–Trinajstić information content (AvgIpc) is 3.03. The first-order valence-electron chi connectivity index (χ1n) is 5.93. The molecule has 5 N–H and O–H groups in total. The Hall–Kier alpha value is -1.63. The normalized spacial score (nSPS) is 23.0. The summed E-state index contributed by atoms with van der Waals surface area (Å²) in [4.78, 5) is 33.2. The van der Waals surface area contributed by atoms with Crippen molar-refractivity contribution in [2.24, 2.45) is 17.6 Å². The predicted molar refractivity (Wildman–Crippen MR) is 63.1 cm³/mol. The van der Waals surface area contributed by atoms with Crippen molar-refractivity contribution in [1.29, 1.82) is 0 Å². The molecule has 1 rings (SSSR count). The van der Waals surface area contributed by atoms with Crippen molar-refractivity contribution in [3.05, 3.63) is 0 Å². The van der Waals surface area contributed by atoms with Gasteiger partial charge in [0.15, 0.2) is 0 Å². The van der Waals surface area contributed by atoms with Gasteiger partial charge < -0.3 is 21.5 Å². The summed E-state index contributed by atoms with van der Waals surface area (Å²) >= 11 is 0. The molecule has 1 aliphatic carbocycles. The third-order valence-electron chi connectivity index (χ3n) is 2.92. The summed E-state index contributed by atoms with van der Waals surface area (Å²) in [6.07, 6.45) is -0.364. The molecule has 3 amide bonds. The van der Waals surface area contributed by atoms with E-state index in [1.54, 1.807) is 0 Å². The molecule has 0 bridgehead atoms. The molecule has 0 aromatic carbocycles. The van der Waals surface area contributed by atoms with Crippen LogP contribution in [-0.2, 0) is 14.4 Å². The van der Waals surface area contributed by atoms with Crippen LogP contribution >= 0.6 is 0 Å². The summed E-state index contributed by atoms with van der Waals surface area (Å²) < 4.78 is 0. The highest BCUT2D eigenvalue weighted by atomic mass is 16.3. The van der Waals surface area contributed by atoms with Crippen LogP contribution in [0.4, 0.5) is 0 Å². The quantitative estimate of drug-likeness (QED) is 0.426. The van der Waals surface area contributed by atoms with Gasteiger partial charge in [-0.1, -0.05) is 6.92 Å². The van der Waals surface area contributed by atoms with Gasteiger partial charge in [-0.25, -0.2) is 0 Å². The SMILES string of the molecule is CC1CC1C(=O)NCCC(=O)NCC(O)C(N)=O. The number of nitrogens with one attached hydrogen (secondary N) is 2. The van der Waals surface area contributed by atoms with Crippen molar-refractivity contribution in [2.75, 3.05) is 13.1 Å². The van der Waals surface area contributed by atoms with Gasteiger partial charge in [0.25, 0.3) is 0 Å². The zero-order chi connectivity index (χ0) is 13.7. The Morgan fingerprint density at radius 1 is 1.39 bits per heavy atom. The molecule has 102 valence electrons. The zero-order valence-electron chi connectivity index (χ0n) is 10.3. The molecule has 7 heteroatoms. The number of carbonyl (C=O) groups is 3. The van der Waals surface area contributed by atoms with Crippen LogP contribution in [0.25, 0.3) is 0 Å². The van der Waals surface area contributed by atoms with Gasteiger partial charge in [0.2, 0.25) is 17.7 Å². The average molecular weight is 257 g/mol. The lowest BCUT2D eigenvalue weighted by molar-refractivity contribution is -0.127. The zero-order valence-corrected chi connectivity index (χ0v) is 10.3. The summed E-state index contributed by atoms with van der Waals surface area (Å²) in [5.74, 6) is -0.729. The first-order chi connectivity index (χ1) is 8.41. The molecule has 18 heavy (non-hydrogen) atoms. The van der Waals surface area contributed by atoms with E-state index >= 15 is 0 Å². The third-order valence-corrected chi connectivity index (χ3v) is 2.92. The second-order valence-electron chi connectivity index (χ2n) is 4.58. The van der Waals surface area contributed by atoms with E-state index in [0.717, 1.165) is 6.42 Å². The second kappa shape index (κ2) is 6.34. The van der Waals surface area contributed by atoms with Crippen molar-refractivity contribution < 1.29 is 19.5 Å². The Bertz CT molecular complexity index is 345. The molecule has 0 aliphatic heterocycles. The van der Waals surface area contributed by atoms with Crippen LogP contribution in [0, 0.1) is 11.8 Å². The molecule has 0 spiro atoms. The number of primary amides is 1. The fourth-order valence-corrected chi connectivity index (χ4v) is 1.52. The lowest BCUT2D eigenvalue weighted by Gasteiger charge is -2.08. The molecular weight excluding hydrogens is 238 g/mol. The summed E-state index contributed by atoms with van der Waals surface area (Å²) in [5.41, 5.74) is 4.82. The minimum Gasteiger partial charge on any atom is -0.381 e. The number of aliphatic hydroxyl groups is 1. The van der Waals surface area contributed by atoms with Gasteiger partial charge in [0.1, 0.15) is 6.10 Å². The van der Waals surface area contributed by atoms with E-state index in [9.17, 15) is 14.4 Å². The van der Waals surface area contributed by atoms with Crippen LogP contribution < -0.4 is 16.4 Å². The smallest absolute Gasteiger partial charge is 0.248 e. The van der Waals surface area contributed by atoms with Gasteiger partial charge in [0.05, 0.1) is 6.54 Å². The number of carbonyl (C=O) groups excluding carboxylic acids is 3. The number of hydrogen-bond donors (Lipinski definition) is 4. The van der Waals surface area contributed by atoms with E-state index in [-0.39, 0.29) is 37.2 Å². The van der Waals surface area contributed by atoms with Gasteiger partial charge in [-0.3, -0.25) is 14.4 Å². The van der Waals surface area contributed by atoms with Crippen molar-refractivity contribution >= 4 is 17.7 Å². The Balaban J connectivity index is 2.06. The van der Waals surface area contributed by atoms with Crippen LogP contribution in [-0.4, -0.2) is 42.0 Å². The summed E-state index contributed by atoms with van der Waals surface area (Å²) in [7, 11) is 0. The van der Waals surface area contributed by atoms with Crippen molar-refractivity contribution in [3.8, 4) is 0 Å². The molecule has 0 heterocycles. The maximum atomic E-state index is 11.4. The Morgan fingerprint density at radius 2 is 2.00 bits per heavy atom. The molecular formula is C11H19N3O4. The fraction of sp³-hybridized carbons (Fsp3) is 0.727. The summed E-state index contributed by atoms with van der Waals surface area (Å²) in [6.45, 7) is 2.05. The van der Waals surface area contributed by atoms with E-state index in [4.69, 9.17) is 10.8 Å². The second-order valence-corrected chi connectivity index (χ2v) is 4.58. The van der Waals surface area contributed by atoms with Crippen LogP contribution in [0.1, 0.15) is 19.8 Å². The topological polar surface area (TPSA) is 122 Å². The van der Waals surface area contributed by atoms with Crippen molar-refractivity contribution in [1.82, 2.24) is 10.6 Å². The Morgan fingerprint density at radius 3 is 2.50 bits per heavy atom. The molecule has 0 saturated heterocycles. The molecule has 1 aliphatic rings. The molecule has 0 aromatic rings. The first-order valence-corrected chi connectivity index (χ1v) is 5.93. The number of hydrogen-bond acceptors (Lipinski definition) is 4. The molecule has 0 aromatic heterocycles. The van der Waals surface area contributed by atoms with Crippen LogP contribution in [0.3, 0.4) is 0 Å².